The topological polar surface area (TPSA) is 70.8 Å². The summed E-state index contributed by atoms with van der Waals surface area (Å²) in [6.07, 6.45) is 3.23. The van der Waals surface area contributed by atoms with Gasteiger partial charge in [0.15, 0.2) is 5.79 Å². The fourth-order valence-electron chi connectivity index (χ4n) is 3.39. The quantitative estimate of drug-likeness (QED) is 0.803. The van der Waals surface area contributed by atoms with E-state index in [2.05, 4.69) is 0 Å². The maximum Gasteiger partial charge on any atom is 0.169 e. The molecule has 0 radical (unpaired) electrons. The Bertz CT molecular complexity index is 359. The summed E-state index contributed by atoms with van der Waals surface area (Å²) >= 11 is 0. The molecule has 2 N–H and O–H groups in total. The van der Waals surface area contributed by atoms with Crippen LogP contribution < -0.4 is 5.73 Å². The lowest BCUT2D eigenvalue weighted by atomic mass is 9.90. The van der Waals surface area contributed by atoms with E-state index < -0.39 is 16.6 Å². The molecule has 5 atom stereocenters. The minimum absolute atomic E-state index is 0.0212. The third-order valence-electron chi connectivity index (χ3n) is 4.57. The minimum atomic E-state index is -0.974. The second kappa shape index (κ2) is 5.41. The van der Waals surface area contributed by atoms with Gasteiger partial charge in [-0.25, -0.2) is 0 Å². The van der Waals surface area contributed by atoms with Crippen LogP contribution in [0, 0.1) is 0 Å². The van der Waals surface area contributed by atoms with Crippen molar-refractivity contribution in [2.24, 2.45) is 5.73 Å². The van der Waals surface area contributed by atoms with E-state index in [1.165, 1.54) is 0 Å². The van der Waals surface area contributed by atoms with E-state index in [1.54, 1.807) is 0 Å². The zero-order valence-electron chi connectivity index (χ0n) is 11.4. The molecule has 0 bridgehead atoms. The summed E-state index contributed by atoms with van der Waals surface area (Å²) in [5.41, 5.74) is 6.20. The summed E-state index contributed by atoms with van der Waals surface area (Å²) in [5.74, 6) is -0.515. The van der Waals surface area contributed by atoms with Crippen molar-refractivity contribution in [3.05, 3.63) is 0 Å². The van der Waals surface area contributed by atoms with Crippen LogP contribution in [0.1, 0.15) is 32.6 Å². The van der Waals surface area contributed by atoms with Gasteiger partial charge in [0.1, 0.15) is 0 Å². The van der Waals surface area contributed by atoms with Crippen molar-refractivity contribution in [3.8, 4) is 0 Å². The summed E-state index contributed by atoms with van der Waals surface area (Å²) in [4.78, 5) is 0. The molecule has 3 fully saturated rings. The molecule has 2 saturated heterocycles. The molecular weight excluding hydrogens is 266 g/mol. The summed E-state index contributed by atoms with van der Waals surface area (Å²) < 4.78 is 29.8. The van der Waals surface area contributed by atoms with E-state index in [4.69, 9.17) is 19.9 Å². The first-order valence-electron chi connectivity index (χ1n) is 7.16. The van der Waals surface area contributed by atoms with E-state index in [0.29, 0.717) is 26.2 Å². The fraction of sp³-hybridized carbons (Fsp3) is 1.00. The molecular formula is C13H23NO4S. The zero-order valence-corrected chi connectivity index (χ0v) is 12.2. The highest BCUT2D eigenvalue weighted by atomic mass is 32.2. The van der Waals surface area contributed by atoms with Gasteiger partial charge in [0.2, 0.25) is 0 Å². The lowest BCUT2D eigenvalue weighted by Gasteiger charge is -2.40. The number of nitrogens with two attached hydrogens (primary N) is 1. The molecule has 110 valence electrons. The standard InChI is InChI=1S/C13H23NO4S/c1-9-11(3-5-16-9)19(15)12-8-13(4-2-10(12)14)17-6-7-18-13/h9-12H,2-8,14H2,1H3. The van der Waals surface area contributed by atoms with Crippen molar-refractivity contribution in [1.29, 1.82) is 0 Å². The second-order valence-corrected chi connectivity index (χ2v) is 7.65. The maximum atomic E-state index is 12.8. The van der Waals surface area contributed by atoms with Crippen LogP contribution in [0.4, 0.5) is 0 Å². The average Bonchev–Trinajstić information content (AvgIpc) is 3.02. The molecule has 1 spiro atoms. The molecule has 5 nitrogen and oxygen atoms in total. The van der Waals surface area contributed by atoms with Crippen molar-refractivity contribution in [2.75, 3.05) is 19.8 Å². The van der Waals surface area contributed by atoms with Gasteiger partial charge in [-0.1, -0.05) is 0 Å². The molecule has 0 aromatic rings. The van der Waals surface area contributed by atoms with E-state index in [1.807, 2.05) is 6.92 Å². The monoisotopic (exact) mass is 289 g/mol. The Morgan fingerprint density at radius 3 is 2.53 bits per heavy atom. The third kappa shape index (κ3) is 2.61. The molecule has 0 aromatic carbocycles. The lowest BCUT2D eigenvalue weighted by Crippen LogP contribution is -2.52. The normalized spacial score (nSPS) is 43.7. The number of rotatable bonds is 2. The summed E-state index contributed by atoms with van der Waals surface area (Å²) in [6, 6.07) is -0.0212. The highest BCUT2D eigenvalue weighted by Crippen LogP contribution is 2.38. The molecule has 2 heterocycles. The predicted molar refractivity (Wildman–Crippen MR) is 72.2 cm³/mol. The van der Waals surface area contributed by atoms with Crippen molar-refractivity contribution in [2.45, 2.75) is 61.0 Å². The Labute approximate surface area is 116 Å². The molecule has 0 amide bonds. The molecule has 1 saturated carbocycles. The second-order valence-electron chi connectivity index (χ2n) is 5.78. The number of hydrogen-bond acceptors (Lipinski definition) is 5. The maximum absolute atomic E-state index is 12.8. The molecule has 19 heavy (non-hydrogen) atoms. The Kier molecular flexibility index (Phi) is 3.97. The van der Waals surface area contributed by atoms with Crippen LogP contribution in [0.2, 0.25) is 0 Å². The van der Waals surface area contributed by atoms with Crippen molar-refractivity contribution in [3.63, 3.8) is 0 Å². The molecule has 2 aliphatic heterocycles. The van der Waals surface area contributed by atoms with Gasteiger partial charge >= 0.3 is 0 Å². The average molecular weight is 289 g/mol. The fourth-order valence-corrected chi connectivity index (χ4v) is 5.52. The first-order valence-corrected chi connectivity index (χ1v) is 8.43. The van der Waals surface area contributed by atoms with Gasteiger partial charge in [-0.3, -0.25) is 4.21 Å². The van der Waals surface area contributed by atoms with Gasteiger partial charge in [0.25, 0.3) is 0 Å². The van der Waals surface area contributed by atoms with E-state index in [9.17, 15) is 4.21 Å². The van der Waals surface area contributed by atoms with Gasteiger partial charge in [0, 0.05) is 36.3 Å². The first-order chi connectivity index (χ1) is 9.11. The Morgan fingerprint density at radius 1 is 1.16 bits per heavy atom. The Hall–Kier alpha value is -0.0100. The van der Waals surface area contributed by atoms with Crippen molar-refractivity contribution in [1.82, 2.24) is 0 Å². The van der Waals surface area contributed by atoms with Crippen LogP contribution in [-0.2, 0) is 25.0 Å². The Morgan fingerprint density at radius 2 is 1.89 bits per heavy atom. The highest BCUT2D eigenvalue weighted by molar-refractivity contribution is 7.86. The SMILES string of the molecule is CC1OCCC1S(=O)C1CC2(CCC1N)OCCO2. The van der Waals surface area contributed by atoms with Gasteiger partial charge in [-0.05, 0) is 19.8 Å². The molecule has 6 heteroatoms. The molecule has 3 aliphatic rings. The van der Waals surface area contributed by atoms with E-state index >= 15 is 0 Å². The van der Waals surface area contributed by atoms with Crippen LogP contribution in [0.15, 0.2) is 0 Å². The largest absolute Gasteiger partial charge is 0.377 e. The third-order valence-corrected chi connectivity index (χ3v) is 6.89. The number of hydrogen-bond donors (Lipinski definition) is 1. The Balaban J connectivity index is 1.72. The summed E-state index contributed by atoms with van der Waals surface area (Å²) in [5, 5.41) is 0.0635. The van der Waals surface area contributed by atoms with Gasteiger partial charge in [-0.15, -0.1) is 0 Å². The van der Waals surface area contributed by atoms with Gasteiger partial charge in [0.05, 0.1) is 29.8 Å². The lowest BCUT2D eigenvalue weighted by molar-refractivity contribution is -0.177. The van der Waals surface area contributed by atoms with Crippen molar-refractivity contribution < 1.29 is 18.4 Å². The van der Waals surface area contributed by atoms with Crippen LogP contribution in [0.5, 0.6) is 0 Å². The molecule has 5 unspecified atom stereocenters. The van der Waals surface area contributed by atoms with E-state index in [0.717, 1.165) is 19.3 Å². The van der Waals surface area contributed by atoms with Crippen LogP contribution in [0.3, 0.4) is 0 Å². The molecule has 1 aliphatic carbocycles. The zero-order chi connectivity index (χ0) is 13.5. The molecule has 3 rings (SSSR count). The van der Waals surface area contributed by atoms with Gasteiger partial charge in [-0.2, -0.15) is 0 Å². The van der Waals surface area contributed by atoms with E-state index in [-0.39, 0.29) is 22.6 Å². The molecule has 0 aromatic heterocycles. The summed E-state index contributed by atoms with van der Waals surface area (Å²) in [6.45, 7) is 3.98. The van der Waals surface area contributed by atoms with Crippen molar-refractivity contribution >= 4 is 10.8 Å². The number of ether oxygens (including phenoxy) is 3. The van der Waals surface area contributed by atoms with Crippen LogP contribution >= 0.6 is 0 Å². The predicted octanol–water partition coefficient (Wildman–Crippen LogP) is 0.535. The smallest absolute Gasteiger partial charge is 0.169 e. The van der Waals surface area contributed by atoms with Crippen LogP contribution in [-0.4, -0.2) is 52.5 Å². The minimum Gasteiger partial charge on any atom is -0.377 e. The first kappa shape index (κ1) is 13.9. The van der Waals surface area contributed by atoms with Gasteiger partial charge < -0.3 is 19.9 Å². The summed E-state index contributed by atoms with van der Waals surface area (Å²) in [7, 11) is -0.974. The van der Waals surface area contributed by atoms with Crippen LogP contribution in [0.25, 0.3) is 0 Å². The highest BCUT2D eigenvalue weighted by Gasteiger charge is 2.48.